The monoisotopic (exact) mass is 503 g/mol. The lowest BCUT2D eigenvalue weighted by atomic mass is 9.55. The first-order valence-electron chi connectivity index (χ1n) is 11.2. The van der Waals surface area contributed by atoms with Crippen molar-refractivity contribution < 1.29 is 19.0 Å². The van der Waals surface area contributed by atoms with Crippen LogP contribution in [0.4, 0.5) is 4.39 Å². The maximum atomic E-state index is 13.6. The standard InChI is InChI=1S/C25H24Cl2FN3O3/c26-16-3-1-15(2-4-16)20-13-29-23(30-20)25-9-7-24(8-10-25,12-21(25)32)31-22(33)14-34-17-5-6-18(27)19(28)11-17/h1-6,11,13,21,32H,7-10,12,14H2,(H,29,30)(H,31,33)/t21-,24?,25?/m0/s1. The molecule has 34 heavy (non-hydrogen) atoms. The van der Waals surface area contributed by atoms with Crippen molar-refractivity contribution in [2.75, 3.05) is 6.61 Å². The fraction of sp³-hybridized carbons (Fsp3) is 0.360. The molecule has 3 N–H and O–H groups in total. The topological polar surface area (TPSA) is 87.2 Å². The molecule has 2 bridgehead atoms. The van der Waals surface area contributed by atoms with Crippen LogP contribution in [0.1, 0.15) is 37.9 Å². The Bertz CT molecular complexity index is 1210. The maximum Gasteiger partial charge on any atom is 0.258 e. The minimum absolute atomic E-state index is 0.00517. The molecule has 1 aromatic heterocycles. The lowest BCUT2D eigenvalue weighted by molar-refractivity contribution is -0.129. The van der Waals surface area contributed by atoms with E-state index >= 15 is 0 Å². The van der Waals surface area contributed by atoms with Crippen LogP contribution in [-0.4, -0.2) is 39.2 Å². The third-order valence-corrected chi connectivity index (χ3v) is 7.75. The van der Waals surface area contributed by atoms with Crippen LogP contribution in [0.25, 0.3) is 11.3 Å². The summed E-state index contributed by atoms with van der Waals surface area (Å²) in [4.78, 5) is 20.6. The second-order valence-corrected chi connectivity index (χ2v) is 10.1. The molecule has 6 nitrogen and oxygen atoms in total. The third kappa shape index (κ3) is 4.28. The third-order valence-electron chi connectivity index (χ3n) is 7.19. The number of rotatable bonds is 6. The van der Waals surface area contributed by atoms with Crippen molar-refractivity contribution in [1.82, 2.24) is 15.3 Å². The van der Waals surface area contributed by atoms with E-state index in [0.717, 1.165) is 36.0 Å². The summed E-state index contributed by atoms with van der Waals surface area (Å²) in [5, 5.41) is 14.9. The lowest BCUT2D eigenvalue weighted by Gasteiger charge is -2.55. The van der Waals surface area contributed by atoms with E-state index in [-0.39, 0.29) is 23.3 Å². The maximum absolute atomic E-state index is 13.6. The van der Waals surface area contributed by atoms with Gasteiger partial charge in [-0.15, -0.1) is 0 Å². The molecule has 9 heteroatoms. The highest BCUT2D eigenvalue weighted by molar-refractivity contribution is 6.31. The summed E-state index contributed by atoms with van der Waals surface area (Å²) in [7, 11) is 0. The second-order valence-electron chi connectivity index (χ2n) is 9.22. The number of benzene rings is 2. The molecule has 3 aliphatic rings. The van der Waals surface area contributed by atoms with Gasteiger partial charge in [0.1, 0.15) is 17.4 Å². The van der Waals surface area contributed by atoms with Crippen molar-refractivity contribution in [1.29, 1.82) is 0 Å². The number of hydrogen-bond acceptors (Lipinski definition) is 4. The Hall–Kier alpha value is -2.61. The minimum atomic E-state index is -0.647. The lowest BCUT2D eigenvalue weighted by Crippen LogP contribution is -2.64. The molecule has 2 aromatic carbocycles. The summed E-state index contributed by atoms with van der Waals surface area (Å²) >= 11 is 11.7. The molecule has 0 spiro atoms. The summed E-state index contributed by atoms with van der Waals surface area (Å²) in [5.74, 6) is 0.0993. The van der Waals surface area contributed by atoms with E-state index in [4.69, 9.17) is 27.9 Å². The van der Waals surface area contributed by atoms with Crippen molar-refractivity contribution in [3.8, 4) is 17.0 Å². The minimum Gasteiger partial charge on any atom is -0.484 e. The van der Waals surface area contributed by atoms with Crippen LogP contribution in [0.3, 0.4) is 0 Å². The molecular weight excluding hydrogens is 480 g/mol. The molecule has 0 saturated heterocycles. The number of aliphatic hydroxyl groups is 1. The first-order chi connectivity index (χ1) is 16.3. The van der Waals surface area contributed by atoms with Crippen LogP contribution in [-0.2, 0) is 10.2 Å². The van der Waals surface area contributed by atoms with E-state index in [1.807, 2.05) is 24.3 Å². The molecular formula is C25H24Cl2FN3O3. The molecule has 0 aliphatic heterocycles. The average Bonchev–Trinajstić information content (AvgIpc) is 3.32. The van der Waals surface area contributed by atoms with Gasteiger partial charge in [0, 0.05) is 16.6 Å². The van der Waals surface area contributed by atoms with Gasteiger partial charge in [-0.3, -0.25) is 4.79 Å². The largest absolute Gasteiger partial charge is 0.484 e. The van der Waals surface area contributed by atoms with Crippen molar-refractivity contribution in [3.05, 3.63) is 70.3 Å². The van der Waals surface area contributed by atoms with Gasteiger partial charge in [0.05, 0.1) is 28.4 Å². The van der Waals surface area contributed by atoms with Gasteiger partial charge in [-0.05, 0) is 61.9 Å². The van der Waals surface area contributed by atoms with Crippen LogP contribution in [0.15, 0.2) is 48.7 Å². The number of carbonyl (C=O) groups is 1. The predicted molar refractivity (Wildman–Crippen MR) is 128 cm³/mol. The van der Waals surface area contributed by atoms with Gasteiger partial charge in [-0.2, -0.15) is 0 Å². The first kappa shape index (κ1) is 23.1. The van der Waals surface area contributed by atoms with Gasteiger partial charge in [0.15, 0.2) is 6.61 Å². The molecule has 1 heterocycles. The quantitative estimate of drug-likeness (QED) is 0.440. The Kier molecular flexibility index (Phi) is 6.04. The van der Waals surface area contributed by atoms with E-state index in [1.165, 1.54) is 12.1 Å². The van der Waals surface area contributed by atoms with Gasteiger partial charge >= 0.3 is 0 Å². The number of H-pyrrole nitrogens is 1. The van der Waals surface area contributed by atoms with Crippen LogP contribution in [0.2, 0.25) is 10.0 Å². The number of carbonyl (C=O) groups excluding carboxylic acids is 1. The number of halogens is 3. The number of aromatic amines is 1. The molecule has 3 aliphatic carbocycles. The Morgan fingerprint density at radius 3 is 2.59 bits per heavy atom. The predicted octanol–water partition coefficient (Wildman–Crippen LogP) is 5.03. The molecule has 3 aromatic rings. The zero-order chi connectivity index (χ0) is 23.9. The first-order valence-corrected chi connectivity index (χ1v) is 11.9. The average molecular weight is 504 g/mol. The van der Waals surface area contributed by atoms with Crippen LogP contribution in [0.5, 0.6) is 5.75 Å². The fourth-order valence-corrected chi connectivity index (χ4v) is 5.49. The van der Waals surface area contributed by atoms with Gasteiger partial charge < -0.3 is 20.1 Å². The Labute approximate surface area is 206 Å². The second kappa shape index (κ2) is 8.87. The number of fused-ring (bicyclic) bond motifs is 3. The number of aromatic nitrogens is 2. The highest BCUT2D eigenvalue weighted by Gasteiger charge is 2.56. The number of hydrogen-bond donors (Lipinski definition) is 3. The van der Waals surface area contributed by atoms with E-state index in [9.17, 15) is 14.3 Å². The molecule has 1 amide bonds. The summed E-state index contributed by atoms with van der Waals surface area (Å²) in [6, 6.07) is 11.6. The van der Waals surface area contributed by atoms with Crippen LogP contribution in [0, 0.1) is 5.82 Å². The molecule has 0 radical (unpaired) electrons. The molecule has 178 valence electrons. The zero-order valence-corrected chi connectivity index (χ0v) is 19.8. The highest BCUT2D eigenvalue weighted by atomic mass is 35.5. The van der Waals surface area contributed by atoms with E-state index in [1.54, 1.807) is 6.20 Å². The number of amides is 1. The van der Waals surface area contributed by atoms with E-state index in [0.29, 0.717) is 24.3 Å². The summed E-state index contributed by atoms with van der Waals surface area (Å²) < 4.78 is 19.0. The highest BCUT2D eigenvalue weighted by Crippen LogP contribution is 2.53. The zero-order valence-electron chi connectivity index (χ0n) is 18.3. The molecule has 3 fully saturated rings. The Morgan fingerprint density at radius 2 is 1.91 bits per heavy atom. The van der Waals surface area contributed by atoms with E-state index in [2.05, 4.69) is 15.3 Å². The SMILES string of the molecule is O=C(COc1ccc(Cl)c(F)c1)NC12CCC(c3ncc(-c4ccc(Cl)cc4)[nH]3)(CC1)[C@@H](O)C2. The number of imidazole rings is 1. The molecule has 3 saturated carbocycles. The van der Waals surface area contributed by atoms with Gasteiger partial charge in [-0.25, -0.2) is 9.37 Å². The molecule has 1 atom stereocenters. The van der Waals surface area contributed by atoms with Gasteiger partial charge in [0.2, 0.25) is 0 Å². The Morgan fingerprint density at radius 1 is 1.18 bits per heavy atom. The smallest absolute Gasteiger partial charge is 0.258 e. The van der Waals surface area contributed by atoms with Gasteiger partial charge in [0.25, 0.3) is 5.91 Å². The van der Waals surface area contributed by atoms with E-state index < -0.39 is 22.9 Å². The van der Waals surface area contributed by atoms with Crippen molar-refractivity contribution in [2.24, 2.45) is 0 Å². The number of nitrogens with one attached hydrogen (secondary N) is 2. The van der Waals surface area contributed by atoms with Crippen molar-refractivity contribution >= 4 is 29.1 Å². The van der Waals surface area contributed by atoms with Crippen LogP contribution < -0.4 is 10.1 Å². The van der Waals surface area contributed by atoms with Crippen LogP contribution >= 0.6 is 23.2 Å². The fourth-order valence-electron chi connectivity index (χ4n) is 5.25. The summed E-state index contributed by atoms with van der Waals surface area (Å²) in [6.45, 7) is -0.243. The Balaban J connectivity index is 1.24. The normalized spacial score (nSPS) is 25.8. The van der Waals surface area contributed by atoms with Crippen molar-refractivity contribution in [3.63, 3.8) is 0 Å². The molecule has 6 rings (SSSR count). The van der Waals surface area contributed by atoms with Crippen molar-refractivity contribution in [2.45, 2.75) is 49.2 Å². The number of ether oxygens (including phenoxy) is 1. The molecule has 0 unspecified atom stereocenters. The van der Waals surface area contributed by atoms with Gasteiger partial charge in [-0.1, -0.05) is 35.3 Å². The summed E-state index contributed by atoms with van der Waals surface area (Å²) in [5.41, 5.74) is 0.898. The number of aliphatic hydroxyl groups excluding tert-OH is 1. The summed E-state index contributed by atoms with van der Waals surface area (Å²) in [6.07, 6.45) is 4.42. The number of nitrogens with zero attached hydrogens (tertiary/aromatic N) is 1.